The number of halogens is 2. The molecule has 4 nitrogen and oxygen atoms in total. The van der Waals surface area contributed by atoms with Crippen molar-refractivity contribution in [2.24, 2.45) is 0 Å². The van der Waals surface area contributed by atoms with Gasteiger partial charge in [0.2, 0.25) is 5.91 Å². The van der Waals surface area contributed by atoms with E-state index in [9.17, 15) is 9.18 Å². The fourth-order valence-corrected chi connectivity index (χ4v) is 1.84. The third kappa shape index (κ3) is 4.36. The number of hydrogen-bond acceptors (Lipinski definition) is 3. The largest absolute Gasteiger partial charge is 0.491 e. The highest BCUT2D eigenvalue weighted by atomic mass is 35.5. The van der Waals surface area contributed by atoms with E-state index >= 15 is 0 Å². The van der Waals surface area contributed by atoms with E-state index in [1.54, 1.807) is 24.3 Å². The standard InChI is InChI=1S/C15H14ClFN2O2/c16-11-6-5-10(17)9-13(11)19-15(20)7-8-21-14-4-2-1-3-12(14)18/h1-6,9H,7-8,18H2,(H,19,20). The lowest BCUT2D eigenvalue weighted by Gasteiger charge is -2.09. The van der Waals surface area contributed by atoms with Gasteiger partial charge < -0.3 is 15.8 Å². The maximum absolute atomic E-state index is 13.1. The molecule has 0 saturated heterocycles. The van der Waals surface area contributed by atoms with Crippen LogP contribution in [-0.4, -0.2) is 12.5 Å². The normalized spacial score (nSPS) is 10.2. The van der Waals surface area contributed by atoms with Crippen LogP contribution in [-0.2, 0) is 4.79 Å². The van der Waals surface area contributed by atoms with E-state index in [0.717, 1.165) is 6.07 Å². The second kappa shape index (κ2) is 6.95. The molecule has 0 spiro atoms. The number of nitrogens with one attached hydrogen (secondary N) is 1. The lowest BCUT2D eigenvalue weighted by molar-refractivity contribution is -0.116. The number of rotatable bonds is 5. The number of hydrogen-bond donors (Lipinski definition) is 2. The molecule has 0 atom stereocenters. The molecule has 1 amide bonds. The second-order valence-electron chi connectivity index (χ2n) is 4.31. The minimum Gasteiger partial charge on any atom is -0.491 e. The molecule has 6 heteroatoms. The van der Waals surface area contributed by atoms with Crippen LogP contribution >= 0.6 is 11.6 Å². The number of benzene rings is 2. The van der Waals surface area contributed by atoms with Gasteiger partial charge in [0, 0.05) is 0 Å². The third-order valence-corrected chi connectivity index (χ3v) is 3.04. The van der Waals surface area contributed by atoms with Crippen LogP contribution in [0.2, 0.25) is 5.02 Å². The van der Waals surface area contributed by atoms with E-state index in [4.69, 9.17) is 22.1 Å². The van der Waals surface area contributed by atoms with E-state index < -0.39 is 5.82 Å². The average molecular weight is 309 g/mol. The van der Waals surface area contributed by atoms with Crippen LogP contribution in [0.1, 0.15) is 6.42 Å². The number of nitrogens with two attached hydrogens (primary N) is 1. The van der Waals surface area contributed by atoms with Crippen molar-refractivity contribution in [2.75, 3.05) is 17.7 Å². The van der Waals surface area contributed by atoms with Crippen LogP contribution in [0.15, 0.2) is 42.5 Å². The first kappa shape index (κ1) is 15.1. The Labute approximate surface area is 126 Å². The molecule has 0 radical (unpaired) electrons. The molecular formula is C15H14ClFN2O2. The minimum atomic E-state index is -0.469. The van der Waals surface area contributed by atoms with Gasteiger partial charge in [0.15, 0.2) is 0 Å². The van der Waals surface area contributed by atoms with Crippen molar-refractivity contribution in [3.63, 3.8) is 0 Å². The van der Waals surface area contributed by atoms with Gasteiger partial charge in [-0.1, -0.05) is 23.7 Å². The Balaban J connectivity index is 1.85. The summed E-state index contributed by atoms with van der Waals surface area (Å²) in [7, 11) is 0. The summed E-state index contributed by atoms with van der Waals surface area (Å²) in [5.41, 5.74) is 6.46. The van der Waals surface area contributed by atoms with Crippen LogP contribution in [0.25, 0.3) is 0 Å². The molecule has 0 aliphatic rings. The summed E-state index contributed by atoms with van der Waals surface area (Å²) in [6.07, 6.45) is 0.0984. The summed E-state index contributed by atoms with van der Waals surface area (Å²) in [5.74, 6) is -0.269. The Hall–Kier alpha value is -2.27. The molecule has 0 saturated carbocycles. The number of anilines is 2. The SMILES string of the molecule is Nc1ccccc1OCCC(=O)Nc1cc(F)ccc1Cl. The maximum Gasteiger partial charge on any atom is 0.227 e. The molecule has 0 fully saturated rings. The van der Waals surface area contributed by atoms with Crippen LogP contribution in [0, 0.1) is 5.82 Å². The Morgan fingerprint density at radius 2 is 2.05 bits per heavy atom. The van der Waals surface area contributed by atoms with Crippen molar-refractivity contribution < 1.29 is 13.9 Å². The molecule has 0 aliphatic carbocycles. The molecular weight excluding hydrogens is 295 g/mol. The third-order valence-electron chi connectivity index (χ3n) is 2.71. The Morgan fingerprint density at radius 3 is 2.81 bits per heavy atom. The summed E-state index contributed by atoms with van der Waals surface area (Å²) >= 11 is 5.86. The molecule has 3 N–H and O–H groups in total. The summed E-state index contributed by atoms with van der Waals surface area (Å²) in [4.78, 5) is 11.7. The number of carbonyl (C=O) groups excluding carboxylic acids is 1. The number of amides is 1. The van der Waals surface area contributed by atoms with Crippen LogP contribution in [0.5, 0.6) is 5.75 Å². The highest BCUT2D eigenvalue weighted by molar-refractivity contribution is 6.33. The van der Waals surface area contributed by atoms with Crippen LogP contribution in [0.3, 0.4) is 0 Å². The zero-order valence-electron chi connectivity index (χ0n) is 11.1. The van der Waals surface area contributed by atoms with E-state index in [1.807, 2.05) is 0 Å². The molecule has 2 aromatic rings. The van der Waals surface area contributed by atoms with Crippen molar-refractivity contribution in [3.8, 4) is 5.75 Å². The number of carbonyl (C=O) groups is 1. The number of ether oxygens (including phenoxy) is 1. The van der Waals surface area contributed by atoms with Crippen LogP contribution in [0.4, 0.5) is 15.8 Å². The van der Waals surface area contributed by atoms with Gasteiger partial charge in [0.05, 0.1) is 29.4 Å². The van der Waals surface area contributed by atoms with E-state index in [-0.39, 0.29) is 29.6 Å². The van der Waals surface area contributed by atoms with Gasteiger partial charge in [-0.05, 0) is 30.3 Å². The molecule has 2 rings (SSSR count). The van der Waals surface area contributed by atoms with E-state index in [1.165, 1.54) is 12.1 Å². The van der Waals surface area contributed by atoms with Gasteiger partial charge in [-0.25, -0.2) is 4.39 Å². The lowest BCUT2D eigenvalue weighted by atomic mass is 10.3. The predicted molar refractivity (Wildman–Crippen MR) is 81.0 cm³/mol. The Kier molecular flexibility index (Phi) is 5.00. The Bertz CT molecular complexity index is 649. The maximum atomic E-state index is 13.1. The first-order chi connectivity index (χ1) is 10.1. The highest BCUT2D eigenvalue weighted by Gasteiger charge is 2.08. The monoisotopic (exact) mass is 308 g/mol. The quantitative estimate of drug-likeness (QED) is 0.831. The minimum absolute atomic E-state index is 0.0984. The van der Waals surface area contributed by atoms with Crippen LogP contribution < -0.4 is 15.8 Å². The summed E-state index contributed by atoms with van der Waals surface area (Å²) in [6, 6.07) is 10.8. The Morgan fingerprint density at radius 1 is 1.29 bits per heavy atom. The average Bonchev–Trinajstić information content (AvgIpc) is 2.45. The molecule has 0 aliphatic heterocycles. The first-order valence-electron chi connectivity index (χ1n) is 6.28. The fraction of sp³-hybridized carbons (Fsp3) is 0.133. The van der Waals surface area contributed by atoms with E-state index in [0.29, 0.717) is 11.4 Å². The van der Waals surface area contributed by atoms with E-state index in [2.05, 4.69) is 5.32 Å². The van der Waals surface area contributed by atoms with Crippen molar-refractivity contribution in [2.45, 2.75) is 6.42 Å². The van der Waals surface area contributed by atoms with Crippen molar-refractivity contribution >= 4 is 28.9 Å². The summed E-state index contributed by atoms with van der Waals surface area (Å²) in [6.45, 7) is 0.160. The van der Waals surface area contributed by atoms with Crippen molar-refractivity contribution in [1.82, 2.24) is 0 Å². The highest BCUT2D eigenvalue weighted by Crippen LogP contribution is 2.23. The summed E-state index contributed by atoms with van der Waals surface area (Å²) < 4.78 is 18.5. The van der Waals surface area contributed by atoms with Gasteiger partial charge >= 0.3 is 0 Å². The predicted octanol–water partition coefficient (Wildman–Crippen LogP) is 3.47. The first-order valence-corrected chi connectivity index (χ1v) is 6.66. The van der Waals surface area contributed by atoms with Gasteiger partial charge in [-0.2, -0.15) is 0 Å². The smallest absolute Gasteiger partial charge is 0.227 e. The fourth-order valence-electron chi connectivity index (χ4n) is 1.67. The zero-order chi connectivity index (χ0) is 15.2. The van der Waals surface area contributed by atoms with Gasteiger partial charge in [0.25, 0.3) is 0 Å². The molecule has 21 heavy (non-hydrogen) atoms. The molecule has 0 unspecified atom stereocenters. The molecule has 2 aromatic carbocycles. The number of para-hydroxylation sites is 2. The van der Waals surface area contributed by atoms with Gasteiger partial charge in [-0.15, -0.1) is 0 Å². The molecule has 110 valence electrons. The second-order valence-corrected chi connectivity index (χ2v) is 4.72. The topological polar surface area (TPSA) is 64.3 Å². The number of nitrogen functional groups attached to an aromatic ring is 1. The van der Waals surface area contributed by atoms with Crippen molar-refractivity contribution in [1.29, 1.82) is 0 Å². The van der Waals surface area contributed by atoms with Gasteiger partial charge in [0.1, 0.15) is 11.6 Å². The molecule has 0 aromatic heterocycles. The summed E-state index contributed by atoms with van der Waals surface area (Å²) in [5, 5.41) is 2.81. The zero-order valence-corrected chi connectivity index (χ0v) is 11.9. The molecule has 0 bridgehead atoms. The van der Waals surface area contributed by atoms with Crippen molar-refractivity contribution in [3.05, 3.63) is 53.3 Å². The molecule has 0 heterocycles. The van der Waals surface area contributed by atoms with Gasteiger partial charge in [-0.3, -0.25) is 4.79 Å². The lowest BCUT2D eigenvalue weighted by Crippen LogP contribution is -2.15.